The summed E-state index contributed by atoms with van der Waals surface area (Å²) in [6.07, 6.45) is 1.63. The Kier molecular flexibility index (Phi) is 4.88. The molecule has 2 rings (SSSR count). The summed E-state index contributed by atoms with van der Waals surface area (Å²) in [6.45, 7) is 2.27. The van der Waals surface area contributed by atoms with Gasteiger partial charge in [-0.1, -0.05) is 43.7 Å². The van der Waals surface area contributed by atoms with E-state index in [0.717, 1.165) is 18.9 Å². The molecule has 5 nitrogen and oxygen atoms in total. The Hall–Kier alpha value is -2.69. The predicted molar refractivity (Wildman–Crippen MR) is 81.7 cm³/mol. The molecule has 0 aromatic heterocycles. The van der Waals surface area contributed by atoms with Crippen molar-refractivity contribution in [3.05, 3.63) is 47.5 Å². The maximum absolute atomic E-state index is 12.3. The minimum Gasteiger partial charge on any atom is -0.504 e. The second kappa shape index (κ2) is 6.85. The number of carbonyl (C=O) groups is 1. The van der Waals surface area contributed by atoms with Gasteiger partial charge in [0.1, 0.15) is 0 Å². The molecule has 22 heavy (non-hydrogen) atoms. The lowest BCUT2D eigenvalue weighted by atomic mass is 10.0. The van der Waals surface area contributed by atoms with Crippen LogP contribution in [-0.4, -0.2) is 27.7 Å². The Morgan fingerprint density at radius 1 is 1.09 bits per heavy atom. The second-order valence-corrected chi connectivity index (χ2v) is 4.87. The summed E-state index contributed by atoms with van der Waals surface area (Å²) in [7, 11) is 0. The number of phenols is 3. The minimum absolute atomic E-state index is 0.177. The molecular formula is C17H18O5. The van der Waals surface area contributed by atoms with E-state index in [4.69, 9.17) is 4.74 Å². The Labute approximate surface area is 128 Å². The quantitative estimate of drug-likeness (QED) is 0.330. The highest BCUT2D eigenvalue weighted by molar-refractivity contribution is 6.11. The fraction of sp³-hybridized carbons (Fsp3) is 0.235. The SMILES string of the molecule is CCCCOc1c(O)cc(C(=O)c2ccccc2)c(O)c1O. The molecule has 0 unspecified atom stereocenters. The monoisotopic (exact) mass is 302 g/mol. The van der Waals surface area contributed by atoms with Gasteiger partial charge in [0, 0.05) is 5.56 Å². The first-order chi connectivity index (χ1) is 10.6. The molecule has 0 aliphatic carbocycles. The summed E-state index contributed by atoms with van der Waals surface area (Å²) in [6, 6.07) is 9.41. The zero-order valence-corrected chi connectivity index (χ0v) is 12.2. The van der Waals surface area contributed by atoms with Crippen molar-refractivity contribution >= 4 is 5.78 Å². The average Bonchev–Trinajstić information content (AvgIpc) is 2.54. The van der Waals surface area contributed by atoms with Gasteiger partial charge in [0.05, 0.1) is 12.2 Å². The molecule has 0 spiro atoms. The first-order valence-corrected chi connectivity index (χ1v) is 7.06. The molecule has 0 aliphatic heterocycles. The lowest BCUT2D eigenvalue weighted by Gasteiger charge is -2.13. The van der Waals surface area contributed by atoms with Crippen LogP contribution in [-0.2, 0) is 0 Å². The molecule has 0 atom stereocenters. The predicted octanol–water partition coefficient (Wildman–Crippen LogP) is 3.21. The van der Waals surface area contributed by atoms with Gasteiger partial charge in [0.15, 0.2) is 17.3 Å². The van der Waals surface area contributed by atoms with E-state index in [-0.39, 0.29) is 17.1 Å². The van der Waals surface area contributed by atoms with Crippen LogP contribution in [0.4, 0.5) is 0 Å². The van der Waals surface area contributed by atoms with Crippen molar-refractivity contribution in [3.8, 4) is 23.0 Å². The molecule has 3 N–H and O–H groups in total. The summed E-state index contributed by atoms with van der Waals surface area (Å²) in [4.78, 5) is 12.3. The van der Waals surface area contributed by atoms with Crippen LogP contribution in [0, 0.1) is 0 Å². The van der Waals surface area contributed by atoms with Crippen molar-refractivity contribution < 1.29 is 24.9 Å². The van der Waals surface area contributed by atoms with Crippen LogP contribution in [0.3, 0.4) is 0 Å². The van der Waals surface area contributed by atoms with E-state index in [9.17, 15) is 20.1 Å². The normalized spacial score (nSPS) is 10.4. The van der Waals surface area contributed by atoms with Gasteiger partial charge in [-0.05, 0) is 12.5 Å². The fourth-order valence-electron chi connectivity index (χ4n) is 2.01. The van der Waals surface area contributed by atoms with Crippen LogP contribution in [0.25, 0.3) is 0 Å². The molecule has 2 aromatic carbocycles. The third-order valence-corrected chi connectivity index (χ3v) is 3.23. The van der Waals surface area contributed by atoms with E-state index in [1.807, 2.05) is 6.92 Å². The highest BCUT2D eigenvalue weighted by Gasteiger charge is 2.23. The number of benzene rings is 2. The third-order valence-electron chi connectivity index (χ3n) is 3.23. The standard InChI is InChI=1S/C17H18O5/c1-2-3-9-22-17-13(18)10-12(15(20)16(17)21)14(19)11-7-5-4-6-8-11/h4-8,10,18,20-21H,2-3,9H2,1H3. The van der Waals surface area contributed by atoms with Crippen LogP contribution in [0.5, 0.6) is 23.0 Å². The van der Waals surface area contributed by atoms with Gasteiger partial charge in [-0.15, -0.1) is 0 Å². The van der Waals surface area contributed by atoms with Crippen molar-refractivity contribution in [2.75, 3.05) is 6.61 Å². The summed E-state index contributed by atoms with van der Waals surface area (Å²) in [5, 5.41) is 29.9. The Bertz CT molecular complexity index is 664. The van der Waals surface area contributed by atoms with E-state index < -0.39 is 17.3 Å². The van der Waals surface area contributed by atoms with Crippen molar-refractivity contribution in [2.24, 2.45) is 0 Å². The van der Waals surface area contributed by atoms with E-state index in [1.165, 1.54) is 0 Å². The van der Waals surface area contributed by atoms with Crippen molar-refractivity contribution in [3.63, 3.8) is 0 Å². The smallest absolute Gasteiger partial charge is 0.207 e. The van der Waals surface area contributed by atoms with E-state index in [0.29, 0.717) is 12.2 Å². The number of hydrogen-bond donors (Lipinski definition) is 3. The zero-order chi connectivity index (χ0) is 16.1. The summed E-state index contributed by atoms with van der Waals surface area (Å²) < 4.78 is 5.26. The molecule has 5 heteroatoms. The van der Waals surface area contributed by atoms with Gasteiger partial charge in [0.2, 0.25) is 11.5 Å². The van der Waals surface area contributed by atoms with Gasteiger partial charge >= 0.3 is 0 Å². The highest BCUT2D eigenvalue weighted by atomic mass is 16.5. The number of hydrogen-bond acceptors (Lipinski definition) is 5. The fourth-order valence-corrected chi connectivity index (χ4v) is 2.01. The molecule has 116 valence electrons. The van der Waals surface area contributed by atoms with Crippen LogP contribution in [0.1, 0.15) is 35.7 Å². The van der Waals surface area contributed by atoms with Crippen LogP contribution >= 0.6 is 0 Å². The number of aromatic hydroxyl groups is 3. The highest BCUT2D eigenvalue weighted by Crippen LogP contribution is 2.45. The molecule has 0 bridgehead atoms. The number of carbonyl (C=O) groups excluding carboxylic acids is 1. The number of phenolic OH excluding ortho intramolecular Hbond substituents is 3. The molecule has 2 aromatic rings. The van der Waals surface area contributed by atoms with Gasteiger partial charge in [0.25, 0.3) is 0 Å². The Balaban J connectivity index is 2.37. The summed E-state index contributed by atoms with van der Waals surface area (Å²) >= 11 is 0. The van der Waals surface area contributed by atoms with Crippen molar-refractivity contribution in [1.82, 2.24) is 0 Å². The van der Waals surface area contributed by atoms with Crippen molar-refractivity contribution in [2.45, 2.75) is 19.8 Å². The lowest BCUT2D eigenvalue weighted by Crippen LogP contribution is -2.03. The lowest BCUT2D eigenvalue weighted by molar-refractivity contribution is 0.103. The summed E-state index contributed by atoms with van der Waals surface area (Å²) in [5.74, 6) is -2.32. The van der Waals surface area contributed by atoms with Gasteiger partial charge in [-0.3, -0.25) is 4.79 Å². The number of ether oxygens (including phenoxy) is 1. The minimum atomic E-state index is -0.629. The van der Waals surface area contributed by atoms with Gasteiger partial charge in [-0.25, -0.2) is 0 Å². The Morgan fingerprint density at radius 2 is 1.77 bits per heavy atom. The average molecular weight is 302 g/mol. The number of unbranched alkanes of at least 4 members (excludes halogenated alkanes) is 1. The first kappa shape index (κ1) is 15.7. The molecule has 0 heterocycles. The van der Waals surface area contributed by atoms with Gasteiger partial charge in [-0.2, -0.15) is 0 Å². The first-order valence-electron chi connectivity index (χ1n) is 7.06. The van der Waals surface area contributed by atoms with Crippen molar-refractivity contribution in [1.29, 1.82) is 0 Å². The molecule has 0 saturated heterocycles. The molecular weight excluding hydrogens is 284 g/mol. The number of ketones is 1. The summed E-state index contributed by atoms with van der Waals surface area (Å²) in [5.41, 5.74) is 0.167. The topological polar surface area (TPSA) is 87.0 Å². The molecule has 0 amide bonds. The van der Waals surface area contributed by atoms with Crippen LogP contribution < -0.4 is 4.74 Å². The molecule has 0 saturated carbocycles. The number of rotatable bonds is 6. The van der Waals surface area contributed by atoms with Crippen LogP contribution in [0.15, 0.2) is 36.4 Å². The van der Waals surface area contributed by atoms with E-state index in [1.54, 1.807) is 30.3 Å². The van der Waals surface area contributed by atoms with E-state index >= 15 is 0 Å². The second-order valence-electron chi connectivity index (χ2n) is 4.87. The largest absolute Gasteiger partial charge is 0.504 e. The Morgan fingerprint density at radius 3 is 2.41 bits per heavy atom. The zero-order valence-electron chi connectivity index (χ0n) is 12.2. The molecule has 0 radical (unpaired) electrons. The third kappa shape index (κ3) is 3.14. The van der Waals surface area contributed by atoms with Gasteiger partial charge < -0.3 is 20.1 Å². The molecule has 0 fully saturated rings. The maximum atomic E-state index is 12.3. The maximum Gasteiger partial charge on any atom is 0.207 e. The van der Waals surface area contributed by atoms with E-state index in [2.05, 4.69) is 0 Å². The van der Waals surface area contributed by atoms with Crippen LogP contribution in [0.2, 0.25) is 0 Å². The molecule has 0 aliphatic rings.